The van der Waals surface area contributed by atoms with E-state index in [0.29, 0.717) is 19.4 Å². The molecule has 1 aliphatic heterocycles. The van der Waals surface area contributed by atoms with Gasteiger partial charge in [0.2, 0.25) is 5.91 Å². The maximum atomic E-state index is 13.0. The number of aliphatic hydroxyl groups is 5. The average molecular weight is 1060 g/mol. The van der Waals surface area contributed by atoms with Crippen LogP contribution in [0.25, 0.3) is 0 Å². The predicted octanol–water partition coefficient (Wildman–Crippen LogP) is 14.8. The second-order valence-corrected chi connectivity index (χ2v) is 21.8. The molecule has 1 saturated heterocycles. The Bertz CT molecular complexity index is 1390. The van der Waals surface area contributed by atoms with E-state index in [1.807, 2.05) is 6.08 Å². The molecular weight excluding hydrogens is 943 g/mol. The van der Waals surface area contributed by atoms with E-state index in [0.717, 1.165) is 83.5 Å². The van der Waals surface area contributed by atoms with Crippen molar-refractivity contribution in [2.75, 3.05) is 19.8 Å². The fourth-order valence-electron chi connectivity index (χ4n) is 9.64. The minimum atomic E-state index is -1.57. The van der Waals surface area contributed by atoms with Crippen LogP contribution in [0, 0.1) is 0 Å². The van der Waals surface area contributed by atoms with Crippen LogP contribution < -0.4 is 5.32 Å². The number of carbonyl (C=O) groups is 2. The Morgan fingerprint density at radius 1 is 0.493 bits per heavy atom. The van der Waals surface area contributed by atoms with Crippen molar-refractivity contribution in [3.8, 4) is 0 Å². The van der Waals surface area contributed by atoms with E-state index < -0.39 is 49.5 Å². The minimum absolute atomic E-state index is 0.0122. The van der Waals surface area contributed by atoms with Crippen LogP contribution in [0.2, 0.25) is 0 Å². The van der Waals surface area contributed by atoms with Gasteiger partial charge in [-0.05, 0) is 89.9 Å². The summed E-state index contributed by atoms with van der Waals surface area (Å²) in [5.74, 6) is -0.202. The molecule has 75 heavy (non-hydrogen) atoms. The molecule has 0 aromatic rings. The first kappa shape index (κ1) is 70.6. The van der Waals surface area contributed by atoms with Crippen LogP contribution in [-0.4, -0.2) is 100 Å². The maximum Gasteiger partial charge on any atom is 0.305 e. The Hall–Kier alpha value is -2.38. The van der Waals surface area contributed by atoms with Crippen molar-refractivity contribution in [3.63, 3.8) is 0 Å². The lowest BCUT2D eigenvalue weighted by Gasteiger charge is -2.40. The summed E-state index contributed by atoms with van der Waals surface area (Å²) in [6.07, 6.45) is 57.9. The Labute approximate surface area is 459 Å². The first-order valence-electron chi connectivity index (χ1n) is 31.4. The SMILES string of the molecule is CCCCC/C=C\CCCCCCCC(=O)OCCCCCCCCCCC/C=C\C/C=C\CCCCCCCCCCCC(=O)NC(COC1OC(CO)C(O)C(O)C1O)C(O)/C=C/CCCCCCCCCC. The number of amides is 1. The number of allylic oxidation sites excluding steroid dienone is 7. The molecule has 1 aliphatic rings. The number of hydrogen-bond acceptors (Lipinski definition) is 10. The van der Waals surface area contributed by atoms with Gasteiger partial charge in [0, 0.05) is 12.8 Å². The van der Waals surface area contributed by atoms with E-state index in [1.165, 1.54) is 173 Å². The molecule has 6 N–H and O–H groups in total. The Morgan fingerprint density at radius 3 is 1.39 bits per heavy atom. The zero-order valence-corrected chi connectivity index (χ0v) is 48.3. The molecule has 1 amide bonds. The van der Waals surface area contributed by atoms with E-state index in [1.54, 1.807) is 6.08 Å². The second-order valence-electron chi connectivity index (χ2n) is 21.8. The zero-order valence-electron chi connectivity index (χ0n) is 48.3. The monoisotopic (exact) mass is 1060 g/mol. The predicted molar refractivity (Wildman–Crippen MR) is 310 cm³/mol. The number of aliphatic hydroxyl groups excluding tert-OH is 5. The summed E-state index contributed by atoms with van der Waals surface area (Å²) >= 11 is 0. The van der Waals surface area contributed by atoms with Gasteiger partial charge in [0.1, 0.15) is 24.4 Å². The fourth-order valence-corrected chi connectivity index (χ4v) is 9.64. The highest BCUT2D eigenvalue weighted by atomic mass is 16.7. The molecule has 1 heterocycles. The van der Waals surface area contributed by atoms with Gasteiger partial charge in [0.25, 0.3) is 0 Å². The number of hydrogen-bond donors (Lipinski definition) is 6. The standard InChI is InChI=1S/C64H117NO10/c1-3-5-7-9-11-13-15-32-36-40-44-48-52-60(69)73-53-49-45-41-37-33-30-28-26-24-22-20-18-16-17-19-21-23-25-27-29-31-35-39-43-47-51-59(68)65-56(55-74-64-63(72)62(71)61(70)58(54-66)75-64)57(67)50-46-42-38-34-14-12-10-8-6-4-2/h11,13,17-20,46,50,56-58,61-64,66-67,70-72H,3-10,12,14-16,21-45,47-49,51-55H2,1-2H3,(H,65,68)/b13-11-,19-17-,20-18-,50-46+. The van der Waals surface area contributed by atoms with Crippen molar-refractivity contribution in [3.05, 3.63) is 48.6 Å². The lowest BCUT2D eigenvalue weighted by molar-refractivity contribution is -0.302. The van der Waals surface area contributed by atoms with Crippen LogP contribution >= 0.6 is 0 Å². The number of carbonyl (C=O) groups excluding carboxylic acids is 2. The highest BCUT2D eigenvalue weighted by Crippen LogP contribution is 2.23. The summed E-state index contributed by atoms with van der Waals surface area (Å²) in [5.41, 5.74) is 0. The topological polar surface area (TPSA) is 175 Å². The smallest absolute Gasteiger partial charge is 0.305 e. The van der Waals surface area contributed by atoms with Gasteiger partial charge in [0.15, 0.2) is 6.29 Å². The molecule has 0 aliphatic carbocycles. The normalized spacial score (nSPS) is 19.1. The van der Waals surface area contributed by atoms with Crippen molar-refractivity contribution in [2.45, 2.75) is 326 Å². The van der Waals surface area contributed by atoms with Crippen molar-refractivity contribution in [1.82, 2.24) is 5.32 Å². The highest BCUT2D eigenvalue weighted by Gasteiger charge is 2.44. The third-order valence-electron chi connectivity index (χ3n) is 14.7. The number of esters is 1. The van der Waals surface area contributed by atoms with Crippen molar-refractivity contribution in [2.24, 2.45) is 0 Å². The molecule has 7 unspecified atom stereocenters. The van der Waals surface area contributed by atoms with Gasteiger partial charge < -0.3 is 45.1 Å². The van der Waals surface area contributed by atoms with Crippen molar-refractivity contribution in [1.29, 1.82) is 0 Å². The average Bonchev–Trinajstić information content (AvgIpc) is 3.41. The van der Waals surface area contributed by atoms with E-state index in [4.69, 9.17) is 14.2 Å². The molecule has 0 saturated carbocycles. The number of rotatable bonds is 54. The Morgan fingerprint density at radius 2 is 0.893 bits per heavy atom. The molecule has 11 nitrogen and oxygen atoms in total. The first-order chi connectivity index (χ1) is 36.7. The molecule has 0 radical (unpaired) electrons. The van der Waals surface area contributed by atoms with E-state index in [9.17, 15) is 35.1 Å². The van der Waals surface area contributed by atoms with Crippen LogP contribution in [0.4, 0.5) is 0 Å². The highest BCUT2D eigenvalue weighted by molar-refractivity contribution is 5.76. The lowest BCUT2D eigenvalue weighted by atomic mass is 9.99. The molecule has 0 spiro atoms. The van der Waals surface area contributed by atoms with E-state index in [2.05, 4.69) is 55.6 Å². The van der Waals surface area contributed by atoms with Crippen LogP contribution in [0.15, 0.2) is 48.6 Å². The Kier molecular flexibility index (Phi) is 50.5. The molecule has 0 aromatic carbocycles. The molecule has 11 heteroatoms. The van der Waals surface area contributed by atoms with Gasteiger partial charge in [0.05, 0.1) is 32.0 Å². The van der Waals surface area contributed by atoms with Gasteiger partial charge >= 0.3 is 5.97 Å². The fraction of sp³-hybridized carbons (Fsp3) is 0.844. The van der Waals surface area contributed by atoms with E-state index in [-0.39, 0.29) is 18.5 Å². The summed E-state index contributed by atoms with van der Waals surface area (Å²) in [7, 11) is 0. The minimum Gasteiger partial charge on any atom is -0.466 e. The largest absolute Gasteiger partial charge is 0.466 e. The zero-order chi connectivity index (χ0) is 54.5. The first-order valence-corrected chi connectivity index (χ1v) is 31.4. The molecule has 438 valence electrons. The van der Waals surface area contributed by atoms with Gasteiger partial charge in [-0.1, -0.05) is 229 Å². The van der Waals surface area contributed by atoms with Crippen LogP contribution in [-0.2, 0) is 23.8 Å². The molecule has 1 fully saturated rings. The van der Waals surface area contributed by atoms with Gasteiger partial charge in [-0.3, -0.25) is 9.59 Å². The summed E-state index contributed by atoms with van der Waals surface area (Å²) < 4.78 is 16.7. The van der Waals surface area contributed by atoms with Gasteiger partial charge in [-0.25, -0.2) is 0 Å². The quantitative estimate of drug-likeness (QED) is 0.0195. The molecule has 0 bridgehead atoms. The third-order valence-corrected chi connectivity index (χ3v) is 14.7. The number of unbranched alkanes of at least 4 members (excludes halogenated alkanes) is 34. The summed E-state index contributed by atoms with van der Waals surface area (Å²) in [6.45, 7) is 4.29. The summed E-state index contributed by atoms with van der Waals surface area (Å²) in [4.78, 5) is 25.0. The van der Waals surface area contributed by atoms with Gasteiger partial charge in [-0.2, -0.15) is 0 Å². The molecule has 1 rings (SSSR count). The van der Waals surface area contributed by atoms with Gasteiger partial charge in [-0.15, -0.1) is 0 Å². The maximum absolute atomic E-state index is 13.0. The van der Waals surface area contributed by atoms with Crippen LogP contribution in [0.5, 0.6) is 0 Å². The Balaban J connectivity index is 2.02. The third kappa shape index (κ3) is 43.2. The van der Waals surface area contributed by atoms with Crippen molar-refractivity contribution < 1.29 is 49.3 Å². The number of ether oxygens (including phenoxy) is 3. The second kappa shape index (κ2) is 53.6. The van der Waals surface area contributed by atoms with Crippen LogP contribution in [0.3, 0.4) is 0 Å². The molecular formula is C64H117NO10. The molecule has 7 atom stereocenters. The van der Waals surface area contributed by atoms with Crippen LogP contribution in [0.1, 0.15) is 284 Å². The summed E-state index contributed by atoms with van der Waals surface area (Å²) in [6, 6.07) is -0.814. The van der Waals surface area contributed by atoms with Crippen molar-refractivity contribution >= 4 is 11.9 Å². The lowest BCUT2D eigenvalue weighted by Crippen LogP contribution is -2.60. The number of nitrogens with one attached hydrogen (secondary N) is 1. The molecule has 0 aromatic heterocycles. The summed E-state index contributed by atoms with van der Waals surface area (Å²) in [5, 5.41) is 54.3. The van der Waals surface area contributed by atoms with E-state index >= 15 is 0 Å².